The van der Waals surface area contributed by atoms with Crippen molar-refractivity contribution in [1.29, 1.82) is 0 Å². The van der Waals surface area contributed by atoms with Crippen LogP contribution >= 0.6 is 0 Å². The van der Waals surface area contributed by atoms with Gasteiger partial charge in [0.05, 0.1) is 12.5 Å². The van der Waals surface area contributed by atoms with E-state index >= 15 is 0 Å². The molecule has 0 aromatic rings. The number of hydrogen-bond donors (Lipinski definition) is 0. The molecule has 1 atom stereocenters. The zero-order valence-electron chi connectivity index (χ0n) is 34.5. The van der Waals surface area contributed by atoms with E-state index in [1.165, 1.54) is 0 Å². The molecule has 0 heterocycles. The number of esters is 3. The lowest BCUT2D eigenvalue weighted by molar-refractivity contribution is -0.161. The molecule has 0 spiro atoms. The molecule has 0 saturated carbocycles. The first-order valence-corrected chi connectivity index (χ1v) is 17.6. The van der Waals surface area contributed by atoms with Gasteiger partial charge in [0.15, 0.2) is 0 Å². The zero-order valence-corrected chi connectivity index (χ0v) is 34.5. The largest absolute Gasteiger partial charge is 0.466 e. The molecule has 1 unspecified atom stereocenters. The third-order valence-corrected chi connectivity index (χ3v) is 5.40. The van der Waals surface area contributed by atoms with Crippen molar-refractivity contribution in [3.63, 3.8) is 0 Å². The molecule has 8 nitrogen and oxygen atoms in total. The Morgan fingerprint density at radius 1 is 0.532 bits per heavy atom. The van der Waals surface area contributed by atoms with Crippen LogP contribution in [0.2, 0.25) is 0 Å². The molecular formula is C39H78O8. The molecule has 0 amide bonds. The number of carbonyl (C=O) groups excluding carboxylic acids is 5. The van der Waals surface area contributed by atoms with E-state index in [-0.39, 0.29) is 46.6 Å². The molecule has 0 saturated heterocycles. The minimum atomic E-state index is -0.361. The molecule has 0 aliphatic carbocycles. The van der Waals surface area contributed by atoms with Crippen molar-refractivity contribution < 1.29 is 38.2 Å². The Balaban J connectivity index is -0.000000159. The minimum absolute atomic E-state index is 0.00998. The van der Waals surface area contributed by atoms with Crippen LogP contribution in [0.5, 0.6) is 0 Å². The van der Waals surface area contributed by atoms with Crippen LogP contribution in [-0.4, -0.2) is 47.3 Å². The number of hydrogen-bond acceptors (Lipinski definition) is 8. The Bertz CT molecular complexity index is 805. The fourth-order valence-corrected chi connectivity index (χ4v) is 3.17. The summed E-state index contributed by atoms with van der Waals surface area (Å²) in [5.41, 5.74) is -0.702. The van der Waals surface area contributed by atoms with Crippen molar-refractivity contribution in [3.8, 4) is 0 Å². The number of ketones is 2. The second kappa shape index (κ2) is 29.9. The highest BCUT2D eigenvalue weighted by molar-refractivity contribution is 5.76. The van der Waals surface area contributed by atoms with Crippen LogP contribution < -0.4 is 0 Å². The van der Waals surface area contributed by atoms with E-state index in [0.29, 0.717) is 49.0 Å². The summed E-state index contributed by atoms with van der Waals surface area (Å²) in [6.07, 6.45) is 3.45. The summed E-state index contributed by atoms with van der Waals surface area (Å²) in [6, 6.07) is 0. The van der Waals surface area contributed by atoms with Gasteiger partial charge in [-0.3, -0.25) is 14.4 Å². The van der Waals surface area contributed by atoms with Gasteiger partial charge in [-0.25, -0.2) is 0 Å². The summed E-state index contributed by atoms with van der Waals surface area (Å²) >= 11 is 0. The summed E-state index contributed by atoms with van der Waals surface area (Å²) < 4.78 is 15.1. The SMILES string of the molecule is CC(=O)CC(C)C.CC(=O)CC(C)C.CC(C)C(C)C(=O)OC(C)(C)C.CC(C)CC(=O)OC(C)(C)C.CCOC(=O)CCC(C)C. The van der Waals surface area contributed by atoms with Gasteiger partial charge in [0.25, 0.3) is 0 Å². The molecular weight excluding hydrogens is 596 g/mol. The standard InChI is InChI=1S/C10H20O2.C9H18O2.C8H16O2.2C6H12O/c1-7(2)8(3)9(11)12-10(4,5)6;1-7(2)6-8(10)11-9(3,4)5;1-4-10-8(9)6-5-7(2)3;2*1-5(2)4-6(3)7/h7-8H,1-6H3;7H,6H2,1-5H3;7H,4-6H2,1-3H3;2*5H,4H2,1-3H3. The van der Waals surface area contributed by atoms with Crippen molar-refractivity contribution in [2.75, 3.05) is 6.61 Å². The van der Waals surface area contributed by atoms with Crippen molar-refractivity contribution >= 4 is 29.5 Å². The maximum atomic E-state index is 11.4. The molecule has 0 bridgehead atoms. The molecule has 0 aliphatic heterocycles. The lowest BCUT2D eigenvalue weighted by Crippen LogP contribution is -2.29. The minimum Gasteiger partial charge on any atom is -0.466 e. The van der Waals surface area contributed by atoms with E-state index in [4.69, 9.17) is 14.2 Å². The molecule has 0 rings (SSSR count). The highest BCUT2D eigenvalue weighted by Crippen LogP contribution is 2.16. The van der Waals surface area contributed by atoms with E-state index in [2.05, 4.69) is 13.8 Å². The van der Waals surface area contributed by atoms with E-state index in [9.17, 15) is 24.0 Å². The Morgan fingerprint density at radius 2 is 0.894 bits per heavy atom. The van der Waals surface area contributed by atoms with Crippen molar-refractivity contribution in [2.24, 2.45) is 35.5 Å². The smallest absolute Gasteiger partial charge is 0.309 e. The van der Waals surface area contributed by atoms with Crippen molar-refractivity contribution in [3.05, 3.63) is 0 Å². The fraction of sp³-hybridized carbons (Fsp3) is 0.872. The van der Waals surface area contributed by atoms with Crippen LogP contribution in [0.25, 0.3) is 0 Å². The summed E-state index contributed by atoms with van der Waals surface area (Å²) in [7, 11) is 0. The third-order valence-electron chi connectivity index (χ3n) is 5.40. The predicted octanol–water partition coefficient (Wildman–Crippen LogP) is 10.2. The Kier molecular flexibility index (Phi) is 34.4. The van der Waals surface area contributed by atoms with Gasteiger partial charge >= 0.3 is 17.9 Å². The average Bonchev–Trinajstić information content (AvgIpc) is 2.79. The second-order valence-electron chi connectivity index (χ2n) is 16.1. The molecule has 0 aromatic carbocycles. The number of ether oxygens (including phenoxy) is 3. The van der Waals surface area contributed by atoms with Gasteiger partial charge in [0.2, 0.25) is 0 Å². The van der Waals surface area contributed by atoms with E-state index in [0.717, 1.165) is 19.3 Å². The quantitative estimate of drug-likeness (QED) is 0.148. The molecule has 0 aliphatic rings. The van der Waals surface area contributed by atoms with Crippen LogP contribution in [0.4, 0.5) is 0 Å². The van der Waals surface area contributed by atoms with Gasteiger partial charge in [-0.15, -0.1) is 0 Å². The lowest BCUT2D eigenvalue weighted by atomic mass is 9.98. The molecule has 0 aromatic heterocycles. The van der Waals surface area contributed by atoms with E-state index < -0.39 is 0 Å². The number of rotatable bonds is 12. The maximum Gasteiger partial charge on any atom is 0.309 e. The highest BCUT2D eigenvalue weighted by atomic mass is 16.6. The highest BCUT2D eigenvalue weighted by Gasteiger charge is 2.23. The van der Waals surface area contributed by atoms with Crippen molar-refractivity contribution in [1.82, 2.24) is 0 Å². The topological polar surface area (TPSA) is 113 Å². The van der Waals surface area contributed by atoms with Crippen LogP contribution in [0.15, 0.2) is 0 Å². The van der Waals surface area contributed by atoms with E-state index in [1.54, 1.807) is 13.8 Å². The Morgan fingerprint density at radius 3 is 1.11 bits per heavy atom. The van der Waals surface area contributed by atoms with Gasteiger partial charge < -0.3 is 23.8 Å². The first-order chi connectivity index (χ1) is 21.0. The van der Waals surface area contributed by atoms with Gasteiger partial charge in [0.1, 0.15) is 22.8 Å². The first-order valence-electron chi connectivity index (χ1n) is 17.6. The molecule has 0 N–H and O–H groups in total. The molecule has 282 valence electrons. The fourth-order valence-electron chi connectivity index (χ4n) is 3.17. The summed E-state index contributed by atoms with van der Waals surface area (Å²) in [6.45, 7) is 39.2. The third kappa shape index (κ3) is 59.7. The lowest BCUT2D eigenvalue weighted by Gasteiger charge is -2.23. The summed E-state index contributed by atoms with van der Waals surface area (Å²) in [4.78, 5) is 53.7. The molecule has 8 heteroatoms. The normalized spacial score (nSPS) is 11.5. The van der Waals surface area contributed by atoms with Crippen LogP contribution in [0.1, 0.15) is 171 Å². The van der Waals surface area contributed by atoms with Crippen molar-refractivity contribution in [2.45, 2.75) is 182 Å². The van der Waals surface area contributed by atoms with Crippen LogP contribution in [-0.2, 0) is 38.2 Å². The van der Waals surface area contributed by atoms with E-state index in [1.807, 2.05) is 111 Å². The molecule has 0 radical (unpaired) electrons. The summed E-state index contributed by atoms with van der Waals surface area (Å²) in [5.74, 6) is 2.65. The maximum absolute atomic E-state index is 11.4. The Hall–Kier alpha value is -2.25. The van der Waals surface area contributed by atoms with Crippen LogP contribution in [0.3, 0.4) is 0 Å². The summed E-state index contributed by atoms with van der Waals surface area (Å²) in [5, 5.41) is 0. The predicted molar refractivity (Wildman–Crippen MR) is 196 cm³/mol. The van der Waals surface area contributed by atoms with Gasteiger partial charge in [-0.1, -0.05) is 76.2 Å². The second-order valence-corrected chi connectivity index (χ2v) is 16.1. The van der Waals surface area contributed by atoms with Gasteiger partial charge in [-0.05, 0) is 98.3 Å². The van der Waals surface area contributed by atoms with Gasteiger partial charge in [-0.2, -0.15) is 0 Å². The zero-order chi connectivity index (χ0) is 38.7. The van der Waals surface area contributed by atoms with Gasteiger partial charge in [0, 0.05) is 25.7 Å². The monoisotopic (exact) mass is 675 g/mol. The number of Topliss-reactive ketones (excluding diaryl/α,β-unsaturated/α-hetero) is 2. The number of carbonyl (C=O) groups is 5. The molecule has 0 fully saturated rings. The average molecular weight is 675 g/mol. The Labute approximate surface area is 291 Å². The van der Waals surface area contributed by atoms with Crippen LogP contribution in [0, 0.1) is 35.5 Å². The molecule has 47 heavy (non-hydrogen) atoms. The first kappa shape index (κ1) is 54.2.